The van der Waals surface area contributed by atoms with E-state index in [9.17, 15) is 53.1 Å². The summed E-state index contributed by atoms with van der Waals surface area (Å²) >= 11 is 1.57. The first-order valence-corrected chi connectivity index (χ1v) is 41.4. The molecular formula is C87H129N11O17S. The Hall–Kier alpha value is -9.48. The van der Waals surface area contributed by atoms with Crippen molar-refractivity contribution < 1.29 is 81.5 Å². The van der Waals surface area contributed by atoms with Gasteiger partial charge >= 0.3 is 30.3 Å². The standard InChI is InChI=1S/C87H129N11O17S/c1-80(2,3)111-66-46-44-62(45-47-66)54-67(69(99)38-28-17-18-29-39-70(100)92-68(75(106)88-16)55-116-87(63-32-22-19-23-33-63,64-34-24-20-25-35-64)65-36-26-21-27-37-65)91-71(101)40-30-41-72(102)93-85-56-89-48-51-96(77(108)113-82(7,8)9)59-86(94-73(103)42-31-43-74(104)105,57-90-49-50-95(58-85)76(107)112-81(4,5)6)61-98(79(110)115-84(13,14)15)53-52-97(60-85)78(109)114-83(10,11)12/h19-27,32-37,44-47,67-68,89-90H,17-18,28-31,38-43,48-61H2,1-16H3,(H,88,106)(H,91,101)(H,92,100)(H,93,102)(H,94,103)(H,104,105)/t67?,68-,85+,86+/m0/s1. The molecule has 2 bridgehead atoms. The molecule has 640 valence electrons. The molecule has 3 aliphatic heterocycles. The summed E-state index contributed by atoms with van der Waals surface area (Å²) in [5.74, 6) is -2.76. The van der Waals surface area contributed by atoms with Gasteiger partial charge in [0, 0.05) is 104 Å². The highest BCUT2D eigenvalue weighted by Gasteiger charge is 2.46. The minimum atomic E-state index is -1.67. The number of aliphatic carboxylic acids is 1. The first-order chi connectivity index (χ1) is 54.4. The maximum absolute atomic E-state index is 15.1. The van der Waals surface area contributed by atoms with Crippen molar-refractivity contribution in [2.45, 2.75) is 243 Å². The molecule has 0 saturated carbocycles. The van der Waals surface area contributed by atoms with Crippen LogP contribution in [-0.4, -0.2) is 233 Å². The van der Waals surface area contributed by atoms with Gasteiger partial charge in [-0.2, -0.15) is 0 Å². The number of amides is 9. The third-order valence-corrected chi connectivity index (χ3v) is 20.3. The predicted molar refractivity (Wildman–Crippen MR) is 447 cm³/mol. The van der Waals surface area contributed by atoms with Gasteiger partial charge in [0.25, 0.3) is 0 Å². The van der Waals surface area contributed by atoms with Crippen molar-refractivity contribution in [1.29, 1.82) is 0 Å². The molecule has 7 rings (SSSR count). The van der Waals surface area contributed by atoms with Crippen LogP contribution in [0.5, 0.6) is 5.75 Å². The highest BCUT2D eigenvalue weighted by molar-refractivity contribution is 8.00. The summed E-state index contributed by atoms with van der Waals surface area (Å²) < 4.78 is 29.5. The summed E-state index contributed by atoms with van der Waals surface area (Å²) in [6, 6.07) is 35.8. The molecule has 28 nitrogen and oxygen atoms in total. The number of carboxylic acids is 1. The number of fused-ring (bicyclic) bond motifs is 15. The van der Waals surface area contributed by atoms with Gasteiger partial charge in [-0.05, 0) is 170 Å². The van der Waals surface area contributed by atoms with Crippen LogP contribution in [0.15, 0.2) is 115 Å². The van der Waals surface area contributed by atoms with Crippen LogP contribution in [-0.2, 0) is 63.7 Å². The third kappa shape index (κ3) is 33.3. The predicted octanol–water partition coefficient (Wildman–Crippen LogP) is 11.0. The average Bonchev–Trinajstić information content (AvgIpc) is 0.733. The number of ketones is 1. The van der Waals surface area contributed by atoms with Crippen LogP contribution in [0.2, 0.25) is 0 Å². The number of carbonyl (C=O) groups excluding carboxylic acids is 10. The molecule has 4 aromatic carbocycles. The number of unbranched alkanes of at least 4 members (excludes halogenated alkanes) is 3. The first kappa shape index (κ1) is 95.4. The normalized spacial score (nSPS) is 17.5. The van der Waals surface area contributed by atoms with Gasteiger partial charge < -0.3 is 85.6 Å². The smallest absolute Gasteiger partial charge is 0.410 e. The fourth-order valence-electron chi connectivity index (χ4n) is 13.6. The van der Waals surface area contributed by atoms with Gasteiger partial charge in [0.05, 0.1) is 48.0 Å². The highest BCUT2D eigenvalue weighted by atomic mass is 32.2. The molecule has 3 fully saturated rings. The van der Waals surface area contributed by atoms with Crippen LogP contribution in [0.1, 0.15) is 203 Å². The van der Waals surface area contributed by atoms with Crippen molar-refractivity contribution in [2.75, 3.05) is 91.3 Å². The number of benzene rings is 4. The molecule has 3 aliphatic rings. The Bertz CT molecular complexity index is 3780. The molecule has 4 aromatic rings. The van der Waals surface area contributed by atoms with Gasteiger partial charge in [0.1, 0.15) is 39.8 Å². The van der Waals surface area contributed by atoms with E-state index in [1.54, 1.807) is 102 Å². The lowest BCUT2D eigenvalue weighted by Crippen LogP contribution is -2.70. The molecule has 3 saturated heterocycles. The van der Waals surface area contributed by atoms with Crippen molar-refractivity contribution in [3.63, 3.8) is 0 Å². The first-order valence-electron chi connectivity index (χ1n) is 40.5. The number of likely N-dealkylation sites (N-methyl/N-ethyl adjacent to an activating group) is 1. The van der Waals surface area contributed by atoms with E-state index in [1.165, 1.54) is 19.6 Å². The van der Waals surface area contributed by atoms with E-state index in [1.807, 2.05) is 99.6 Å². The Morgan fingerprint density at radius 1 is 0.431 bits per heavy atom. The van der Waals surface area contributed by atoms with Crippen LogP contribution < -0.4 is 42.0 Å². The lowest BCUT2D eigenvalue weighted by atomic mass is 9.84. The van der Waals surface area contributed by atoms with Crippen LogP contribution in [0.4, 0.5) is 19.2 Å². The number of carbonyl (C=O) groups is 11. The summed E-state index contributed by atoms with van der Waals surface area (Å²) in [7, 11) is 1.55. The minimum absolute atomic E-state index is 0.0234. The molecule has 0 radical (unpaired) electrons. The second-order valence-electron chi connectivity index (χ2n) is 35.1. The molecule has 29 heteroatoms. The van der Waals surface area contributed by atoms with Crippen molar-refractivity contribution in [1.82, 2.24) is 56.8 Å². The number of thioether (sulfide) groups is 1. The monoisotopic (exact) mass is 1630 g/mol. The Labute approximate surface area is 690 Å². The number of rotatable bonds is 30. The molecule has 0 spiro atoms. The lowest BCUT2D eigenvalue weighted by molar-refractivity contribution is -0.137. The van der Waals surface area contributed by atoms with Gasteiger partial charge in [-0.25, -0.2) is 19.2 Å². The number of nitrogens with one attached hydrogen (secondary N) is 7. The van der Waals surface area contributed by atoms with E-state index in [0.717, 1.165) is 22.3 Å². The van der Waals surface area contributed by atoms with Gasteiger partial charge in [-0.3, -0.25) is 33.6 Å². The largest absolute Gasteiger partial charge is 0.488 e. The van der Waals surface area contributed by atoms with Crippen LogP contribution in [0.25, 0.3) is 0 Å². The SMILES string of the molecule is CNC(=O)[C@H](CSC(c1ccccc1)(c1ccccc1)c1ccccc1)NC(=O)CCCCCCC(=O)C(Cc1ccc(OC(C)(C)C)cc1)NC(=O)CCCC(=O)N[C@]12CNCCN(C(=O)OC(C)(C)C)C[C@](NC(=O)CCCC(=O)O)(CNCCN(C(=O)OC(C)(C)C)C1)CN(C(=O)OC(C)(C)C)CCN(C(=O)OC(C)(C)C)C2. The van der Waals surface area contributed by atoms with E-state index in [0.29, 0.717) is 31.4 Å². The Kier molecular flexibility index (Phi) is 35.9. The van der Waals surface area contributed by atoms with Gasteiger partial charge in [-0.15, -0.1) is 11.8 Å². The minimum Gasteiger partial charge on any atom is -0.488 e. The average molecular weight is 1630 g/mol. The summed E-state index contributed by atoms with van der Waals surface area (Å²) in [6.07, 6.45) is -1.86. The topological polar surface area (TPSA) is 351 Å². The van der Waals surface area contributed by atoms with Gasteiger partial charge in [0.2, 0.25) is 29.5 Å². The number of hydrogen-bond acceptors (Lipinski definition) is 19. The quantitative estimate of drug-likeness (QED) is 0.0137. The van der Waals surface area contributed by atoms with Gasteiger partial charge in [0.15, 0.2) is 5.78 Å². The zero-order valence-electron chi connectivity index (χ0n) is 71.2. The number of hydrogen-bond donors (Lipinski definition) is 8. The molecule has 4 atom stereocenters. The summed E-state index contributed by atoms with van der Waals surface area (Å²) in [4.78, 5) is 162. The van der Waals surface area contributed by atoms with Gasteiger partial charge in [-0.1, -0.05) is 116 Å². The van der Waals surface area contributed by atoms with Crippen LogP contribution in [0, 0.1) is 0 Å². The number of ether oxygens (including phenoxy) is 5. The van der Waals surface area contributed by atoms with Crippen molar-refractivity contribution in [2.24, 2.45) is 0 Å². The van der Waals surface area contributed by atoms with Crippen LogP contribution in [0.3, 0.4) is 0 Å². The Morgan fingerprint density at radius 2 is 0.784 bits per heavy atom. The van der Waals surface area contributed by atoms with Crippen molar-refractivity contribution >= 4 is 77.4 Å². The van der Waals surface area contributed by atoms with Crippen molar-refractivity contribution in [3.8, 4) is 5.75 Å². The second kappa shape index (κ2) is 43.6. The maximum Gasteiger partial charge on any atom is 0.410 e. The zero-order chi connectivity index (χ0) is 85.7. The fraction of sp³-hybridized carbons (Fsp3) is 0.598. The van der Waals surface area contributed by atoms with E-state index in [2.05, 4.69) is 73.6 Å². The summed E-state index contributed by atoms with van der Waals surface area (Å²) in [6.45, 7) is 23.4. The molecule has 0 aromatic heterocycles. The number of nitrogens with zero attached hydrogens (tertiary/aromatic N) is 4. The lowest BCUT2D eigenvalue weighted by Gasteiger charge is -2.46. The third-order valence-electron chi connectivity index (χ3n) is 18.7. The molecule has 1 unspecified atom stereocenters. The molecule has 9 amide bonds. The molecule has 0 aliphatic carbocycles. The van der Waals surface area contributed by atoms with E-state index >= 15 is 4.79 Å². The Morgan fingerprint density at radius 3 is 1.16 bits per heavy atom. The van der Waals surface area contributed by atoms with E-state index in [-0.39, 0.29) is 160 Å². The number of carboxylic acid groups (broad SMARTS) is 1. The Balaban J connectivity index is 1.25. The van der Waals surface area contributed by atoms with E-state index in [4.69, 9.17) is 23.7 Å². The second-order valence-corrected chi connectivity index (χ2v) is 36.3. The molecule has 116 heavy (non-hydrogen) atoms. The number of Topliss-reactive ketones (excluding diaryl/α,β-unsaturated/α-hetero) is 1. The summed E-state index contributed by atoms with van der Waals surface area (Å²) in [5.41, 5.74) is -4.15. The van der Waals surface area contributed by atoms with Crippen molar-refractivity contribution in [3.05, 3.63) is 138 Å². The zero-order valence-corrected chi connectivity index (χ0v) is 72.0. The summed E-state index contributed by atoms with van der Waals surface area (Å²) in [5, 5.41) is 31.3. The van der Waals surface area contributed by atoms with Crippen LogP contribution >= 0.6 is 11.8 Å². The maximum atomic E-state index is 15.1. The molecule has 8 N–H and O–H groups in total. The van der Waals surface area contributed by atoms with E-state index < -0.39 is 104 Å². The fourth-order valence-corrected chi connectivity index (χ4v) is 15.2. The molecular weight excluding hydrogens is 1500 g/mol. The molecule has 3 heterocycles. The highest BCUT2D eigenvalue weighted by Crippen LogP contribution is 2.49.